The van der Waals surface area contributed by atoms with Crippen LogP contribution in [0.4, 0.5) is 5.95 Å². The van der Waals surface area contributed by atoms with Gasteiger partial charge in [0.1, 0.15) is 0 Å². The number of hydrogen-bond acceptors (Lipinski definition) is 5. The van der Waals surface area contributed by atoms with Crippen molar-refractivity contribution >= 4 is 17.7 Å². The minimum atomic E-state index is 0.309. The van der Waals surface area contributed by atoms with E-state index in [9.17, 15) is 0 Å². The summed E-state index contributed by atoms with van der Waals surface area (Å²) in [5.74, 6) is 0.422. The Balaban J connectivity index is 2.12. The van der Waals surface area contributed by atoms with Crippen molar-refractivity contribution in [2.24, 2.45) is 0 Å². The fraction of sp³-hybridized carbons (Fsp3) is 0.875. The molecule has 1 heterocycles. The number of anilines is 1. The summed E-state index contributed by atoms with van der Waals surface area (Å²) in [6.07, 6.45) is 7.26. The van der Waals surface area contributed by atoms with E-state index in [0.29, 0.717) is 10.7 Å². The molecule has 78 valence electrons. The van der Waals surface area contributed by atoms with Crippen LogP contribution in [0.5, 0.6) is 0 Å². The van der Waals surface area contributed by atoms with Gasteiger partial charge in [-0.15, -0.1) is 0 Å². The average molecular weight is 213 g/mol. The van der Waals surface area contributed by atoms with E-state index in [0.717, 1.165) is 6.54 Å². The molecule has 0 aliphatic heterocycles. The van der Waals surface area contributed by atoms with Gasteiger partial charge in [0.2, 0.25) is 5.95 Å². The summed E-state index contributed by atoms with van der Waals surface area (Å²) in [7, 11) is 0. The summed E-state index contributed by atoms with van der Waals surface area (Å²) < 4.78 is 2.02. The predicted octanol–water partition coefficient (Wildman–Crippen LogP) is 0.931. The van der Waals surface area contributed by atoms with Crippen LogP contribution >= 0.6 is 11.8 Å². The molecule has 1 fully saturated rings. The lowest BCUT2D eigenvalue weighted by Crippen LogP contribution is -2.28. The Labute approximate surface area is 87.4 Å². The lowest BCUT2D eigenvalue weighted by atomic mass is 10.1. The third-order valence-electron chi connectivity index (χ3n) is 2.95. The van der Waals surface area contributed by atoms with Crippen molar-refractivity contribution in [3.8, 4) is 0 Å². The Hall–Kier alpha value is -0.780. The normalized spacial score (nSPS) is 20.1. The minimum absolute atomic E-state index is 0.309. The lowest BCUT2D eigenvalue weighted by Gasteiger charge is -2.26. The smallest absolute Gasteiger partial charge is 0.240 e. The number of nitrogens with zero attached hydrogens (tertiary/aromatic N) is 4. The predicted molar refractivity (Wildman–Crippen MR) is 56.9 cm³/mol. The molecule has 0 atom stereocenters. The third-order valence-corrected chi connectivity index (χ3v) is 4.35. The van der Waals surface area contributed by atoms with Gasteiger partial charge in [0.15, 0.2) is 0 Å². The van der Waals surface area contributed by atoms with E-state index in [1.165, 1.54) is 25.7 Å². The maximum atomic E-state index is 5.65. The van der Waals surface area contributed by atoms with Crippen LogP contribution in [0, 0.1) is 0 Å². The van der Waals surface area contributed by atoms with E-state index in [1.807, 2.05) is 11.8 Å². The molecular formula is C8H15N5S. The summed E-state index contributed by atoms with van der Waals surface area (Å²) in [4.78, 5) is 0. The molecule has 0 saturated heterocycles. The number of rotatable bonds is 3. The highest BCUT2D eigenvalue weighted by atomic mass is 32.2. The van der Waals surface area contributed by atoms with Gasteiger partial charge in [-0.2, -0.15) is 11.8 Å². The topological polar surface area (TPSA) is 69.6 Å². The molecule has 0 aromatic carbocycles. The molecule has 1 aliphatic rings. The number of nitrogens with two attached hydrogens (primary N) is 1. The summed E-state index contributed by atoms with van der Waals surface area (Å²) in [5, 5.41) is 11.1. The maximum absolute atomic E-state index is 5.65. The van der Waals surface area contributed by atoms with E-state index < -0.39 is 0 Å². The van der Waals surface area contributed by atoms with Crippen molar-refractivity contribution in [3.05, 3.63) is 0 Å². The second-order valence-corrected chi connectivity index (χ2v) is 5.06. The summed E-state index contributed by atoms with van der Waals surface area (Å²) in [5.41, 5.74) is 5.65. The zero-order valence-electron chi connectivity index (χ0n) is 8.31. The summed E-state index contributed by atoms with van der Waals surface area (Å²) in [6.45, 7) is 0.840. The van der Waals surface area contributed by atoms with Gasteiger partial charge in [-0.3, -0.25) is 0 Å². The zero-order valence-corrected chi connectivity index (χ0v) is 9.13. The molecule has 6 heteroatoms. The SMILES string of the molecule is CSC1(Cn2nnnc2N)CCCC1. The van der Waals surface area contributed by atoms with Gasteiger partial charge in [-0.25, -0.2) is 4.68 Å². The molecule has 1 aromatic rings. The Morgan fingerprint density at radius 3 is 2.71 bits per heavy atom. The van der Waals surface area contributed by atoms with E-state index in [2.05, 4.69) is 21.8 Å². The molecule has 14 heavy (non-hydrogen) atoms. The van der Waals surface area contributed by atoms with Crippen LogP contribution < -0.4 is 5.73 Å². The molecule has 1 aliphatic carbocycles. The van der Waals surface area contributed by atoms with Crippen molar-refractivity contribution < 1.29 is 0 Å². The average Bonchev–Trinajstić information content (AvgIpc) is 2.79. The van der Waals surface area contributed by atoms with E-state index >= 15 is 0 Å². The zero-order chi connectivity index (χ0) is 10.0. The highest BCUT2D eigenvalue weighted by Crippen LogP contribution is 2.41. The van der Waals surface area contributed by atoms with Crippen LogP contribution in [0.3, 0.4) is 0 Å². The van der Waals surface area contributed by atoms with Crippen molar-refractivity contribution in [3.63, 3.8) is 0 Å². The van der Waals surface area contributed by atoms with Crippen LogP contribution in [0.2, 0.25) is 0 Å². The largest absolute Gasteiger partial charge is 0.367 e. The van der Waals surface area contributed by atoms with Gasteiger partial charge in [0.05, 0.1) is 6.54 Å². The number of tetrazole rings is 1. The first-order valence-electron chi connectivity index (χ1n) is 4.83. The Morgan fingerprint density at radius 2 is 2.21 bits per heavy atom. The van der Waals surface area contributed by atoms with Gasteiger partial charge >= 0.3 is 0 Å². The number of hydrogen-bond donors (Lipinski definition) is 1. The van der Waals surface area contributed by atoms with Gasteiger partial charge < -0.3 is 5.73 Å². The molecule has 1 aromatic heterocycles. The van der Waals surface area contributed by atoms with Crippen LogP contribution in [0.25, 0.3) is 0 Å². The molecule has 2 rings (SSSR count). The molecule has 0 amide bonds. The highest BCUT2D eigenvalue weighted by molar-refractivity contribution is 8.00. The molecule has 5 nitrogen and oxygen atoms in total. The van der Waals surface area contributed by atoms with Gasteiger partial charge in [-0.05, 0) is 29.5 Å². The quantitative estimate of drug-likeness (QED) is 0.809. The standard InChI is InChI=1S/C8H15N5S/c1-14-8(4-2-3-5-8)6-13-7(9)10-11-12-13/h2-6H2,1H3,(H2,9,10,12). The molecule has 2 N–H and O–H groups in total. The second kappa shape index (κ2) is 3.76. The first-order chi connectivity index (χ1) is 6.76. The third kappa shape index (κ3) is 1.70. The van der Waals surface area contributed by atoms with Crippen molar-refractivity contribution in [1.82, 2.24) is 20.2 Å². The lowest BCUT2D eigenvalue weighted by molar-refractivity contribution is 0.466. The van der Waals surface area contributed by atoms with Crippen molar-refractivity contribution in [2.45, 2.75) is 37.0 Å². The molecule has 1 saturated carbocycles. The first kappa shape index (κ1) is 9.76. The number of thioether (sulfide) groups is 1. The Morgan fingerprint density at radius 1 is 1.50 bits per heavy atom. The molecule has 0 bridgehead atoms. The highest BCUT2D eigenvalue weighted by Gasteiger charge is 2.34. The summed E-state index contributed by atoms with van der Waals surface area (Å²) in [6, 6.07) is 0. The van der Waals surface area contributed by atoms with Crippen LogP contribution in [-0.4, -0.2) is 31.2 Å². The van der Waals surface area contributed by atoms with Crippen molar-refractivity contribution in [1.29, 1.82) is 0 Å². The van der Waals surface area contributed by atoms with Crippen LogP contribution in [0.1, 0.15) is 25.7 Å². The first-order valence-corrected chi connectivity index (χ1v) is 6.05. The Bertz CT molecular complexity index is 304. The molecule has 0 unspecified atom stereocenters. The fourth-order valence-corrected chi connectivity index (χ4v) is 2.99. The van der Waals surface area contributed by atoms with Gasteiger partial charge in [0.25, 0.3) is 0 Å². The van der Waals surface area contributed by atoms with E-state index in [-0.39, 0.29) is 0 Å². The maximum Gasteiger partial charge on any atom is 0.240 e. The Kier molecular flexibility index (Phi) is 2.62. The molecule has 0 spiro atoms. The van der Waals surface area contributed by atoms with E-state index in [1.54, 1.807) is 4.68 Å². The van der Waals surface area contributed by atoms with Gasteiger partial charge in [-0.1, -0.05) is 17.9 Å². The van der Waals surface area contributed by atoms with Crippen molar-refractivity contribution in [2.75, 3.05) is 12.0 Å². The fourth-order valence-electron chi connectivity index (χ4n) is 2.04. The second-order valence-electron chi connectivity index (χ2n) is 3.79. The monoisotopic (exact) mass is 213 g/mol. The summed E-state index contributed by atoms with van der Waals surface area (Å²) >= 11 is 1.91. The van der Waals surface area contributed by atoms with E-state index in [4.69, 9.17) is 5.73 Å². The number of nitrogen functional groups attached to an aromatic ring is 1. The minimum Gasteiger partial charge on any atom is -0.367 e. The molecule has 0 radical (unpaired) electrons. The van der Waals surface area contributed by atoms with Gasteiger partial charge in [0, 0.05) is 4.75 Å². The molecular weight excluding hydrogens is 198 g/mol. The number of aromatic nitrogens is 4. The van der Waals surface area contributed by atoms with Crippen LogP contribution in [0.15, 0.2) is 0 Å². The van der Waals surface area contributed by atoms with Crippen LogP contribution in [-0.2, 0) is 6.54 Å².